The van der Waals surface area contributed by atoms with E-state index in [-0.39, 0.29) is 0 Å². The standard InChI is InChI=1S/C15H30N2/c1-2-17(15-8-4-3-5-9-15)12-10-14-7-6-11-16-13-14/h14-16H,2-13H2,1H3/t14-/m1/s1. The second kappa shape index (κ2) is 7.38. The zero-order valence-electron chi connectivity index (χ0n) is 11.6. The first-order valence-corrected chi connectivity index (χ1v) is 7.85. The van der Waals surface area contributed by atoms with Crippen LogP contribution >= 0.6 is 0 Å². The van der Waals surface area contributed by atoms with Crippen molar-refractivity contribution < 1.29 is 0 Å². The van der Waals surface area contributed by atoms with Crippen LogP contribution in [-0.4, -0.2) is 37.1 Å². The predicted octanol–water partition coefficient (Wildman–Crippen LogP) is 3.03. The summed E-state index contributed by atoms with van der Waals surface area (Å²) in [6, 6.07) is 0.908. The number of piperidine rings is 1. The molecule has 2 aliphatic rings. The summed E-state index contributed by atoms with van der Waals surface area (Å²) in [5.74, 6) is 0.946. The van der Waals surface area contributed by atoms with Gasteiger partial charge in [0.1, 0.15) is 0 Å². The average molecular weight is 238 g/mol. The van der Waals surface area contributed by atoms with Gasteiger partial charge >= 0.3 is 0 Å². The molecule has 100 valence electrons. The van der Waals surface area contributed by atoms with Crippen LogP contribution in [0.15, 0.2) is 0 Å². The van der Waals surface area contributed by atoms with Gasteiger partial charge in [-0.1, -0.05) is 26.2 Å². The van der Waals surface area contributed by atoms with Crippen molar-refractivity contribution in [1.29, 1.82) is 0 Å². The Morgan fingerprint density at radius 1 is 1.06 bits per heavy atom. The lowest BCUT2D eigenvalue weighted by Gasteiger charge is -2.35. The average Bonchev–Trinajstić information content (AvgIpc) is 2.42. The number of nitrogens with zero attached hydrogens (tertiary/aromatic N) is 1. The van der Waals surface area contributed by atoms with Crippen molar-refractivity contribution in [1.82, 2.24) is 10.2 Å². The van der Waals surface area contributed by atoms with Gasteiger partial charge in [0.25, 0.3) is 0 Å². The van der Waals surface area contributed by atoms with Crippen LogP contribution in [0.25, 0.3) is 0 Å². The van der Waals surface area contributed by atoms with Gasteiger partial charge in [0, 0.05) is 6.04 Å². The molecule has 17 heavy (non-hydrogen) atoms. The fraction of sp³-hybridized carbons (Fsp3) is 1.00. The second-order valence-corrected chi connectivity index (χ2v) is 5.92. The van der Waals surface area contributed by atoms with E-state index >= 15 is 0 Å². The maximum absolute atomic E-state index is 3.54. The lowest BCUT2D eigenvalue weighted by molar-refractivity contribution is 0.150. The quantitative estimate of drug-likeness (QED) is 0.792. The van der Waals surface area contributed by atoms with E-state index in [1.54, 1.807) is 0 Å². The molecule has 1 saturated carbocycles. The van der Waals surface area contributed by atoms with Crippen LogP contribution in [0.2, 0.25) is 0 Å². The van der Waals surface area contributed by atoms with E-state index in [0.29, 0.717) is 0 Å². The zero-order valence-corrected chi connectivity index (χ0v) is 11.6. The highest BCUT2D eigenvalue weighted by Gasteiger charge is 2.21. The predicted molar refractivity (Wildman–Crippen MR) is 74.3 cm³/mol. The first kappa shape index (κ1) is 13.4. The third kappa shape index (κ3) is 4.26. The second-order valence-electron chi connectivity index (χ2n) is 5.92. The zero-order chi connectivity index (χ0) is 11.9. The maximum Gasteiger partial charge on any atom is 0.00951 e. The summed E-state index contributed by atoms with van der Waals surface area (Å²) in [7, 11) is 0. The third-order valence-corrected chi connectivity index (χ3v) is 4.72. The largest absolute Gasteiger partial charge is 0.316 e. The van der Waals surface area contributed by atoms with Gasteiger partial charge < -0.3 is 10.2 Å². The molecule has 0 amide bonds. The topological polar surface area (TPSA) is 15.3 Å². The van der Waals surface area contributed by atoms with Crippen molar-refractivity contribution in [2.24, 2.45) is 5.92 Å². The molecule has 1 aliphatic heterocycles. The third-order valence-electron chi connectivity index (χ3n) is 4.72. The monoisotopic (exact) mass is 238 g/mol. The Kier molecular flexibility index (Phi) is 5.79. The summed E-state index contributed by atoms with van der Waals surface area (Å²) >= 11 is 0. The van der Waals surface area contributed by atoms with Gasteiger partial charge in [0.2, 0.25) is 0 Å². The Bertz CT molecular complexity index is 193. The van der Waals surface area contributed by atoms with Crippen LogP contribution in [0, 0.1) is 5.92 Å². The molecule has 1 N–H and O–H groups in total. The van der Waals surface area contributed by atoms with Crippen molar-refractivity contribution in [3.63, 3.8) is 0 Å². The van der Waals surface area contributed by atoms with E-state index in [1.807, 2.05) is 0 Å². The normalized spacial score (nSPS) is 27.5. The Morgan fingerprint density at radius 3 is 2.53 bits per heavy atom. The minimum absolute atomic E-state index is 0.908. The van der Waals surface area contributed by atoms with Gasteiger partial charge in [0.05, 0.1) is 0 Å². The van der Waals surface area contributed by atoms with E-state index in [1.165, 1.54) is 77.5 Å². The van der Waals surface area contributed by atoms with Crippen molar-refractivity contribution in [2.75, 3.05) is 26.2 Å². The number of rotatable bonds is 5. The summed E-state index contributed by atoms with van der Waals surface area (Å²) in [6.45, 7) is 7.45. The van der Waals surface area contributed by atoms with Gasteiger partial charge in [-0.25, -0.2) is 0 Å². The first-order chi connectivity index (χ1) is 8.40. The van der Waals surface area contributed by atoms with E-state index in [4.69, 9.17) is 0 Å². The minimum Gasteiger partial charge on any atom is -0.316 e. The molecule has 2 nitrogen and oxygen atoms in total. The molecule has 1 heterocycles. The van der Waals surface area contributed by atoms with Gasteiger partial charge in [0.15, 0.2) is 0 Å². The SMILES string of the molecule is CCN(CC[C@H]1CCCNC1)C1CCCCC1. The molecule has 1 aliphatic carbocycles. The highest BCUT2D eigenvalue weighted by atomic mass is 15.1. The van der Waals surface area contributed by atoms with E-state index in [2.05, 4.69) is 17.1 Å². The Balaban J connectivity index is 1.70. The molecule has 0 aromatic rings. The van der Waals surface area contributed by atoms with Crippen LogP contribution in [0.4, 0.5) is 0 Å². The molecule has 1 saturated heterocycles. The fourth-order valence-electron chi connectivity index (χ4n) is 3.56. The van der Waals surface area contributed by atoms with E-state index in [0.717, 1.165) is 12.0 Å². The lowest BCUT2D eigenvalue weighted by atomic mass is 9.92. The van der Waals surface area contributed by atoms with E-state index < -0.39 is 0 Å². The molecular formula is C15H30N2. The molecule has 2 fully saturated rings. The molecule has 0 aromatic heterocycles. The lowest BCUT2D eigenvalue weighted by Crippen LogP contribution is -2.39. The van der Waals surface area contributed by atoms with Crippen LogP contribution in [0.3, 0.4) is 0 Å². The highest BCUT2D eigenvalue weighted by Crippen LogP contribution is 2.23. The van der Waals surface area contributed by atoms with Gasteiger partial charge in [-0.2, -0.15) is 0 Å². The van der Waals surface area contributed by atoms with Crippen LogP contribution in [-0.2, 0) is 0 Å². The van der Waals surface area contributed by atoms with Gasteiger partial charge in [-0.15, -0.1) is 0 Å². The first-order valence-electron chi connectivity index (χ1n) is 7.85. The molecule has 0 radical (unpaired) electrons. The van der Waals surface area contributed by atoms with Gasteiger partial charge in [-0.05, 0) is 64.2 Å². The number of nitrogens with one attached hydrogen (secondary N) is 1. The highest BCUT2D eigenvalue weighted by molar-refractivity contribution is 4.77. The van der Waals surface area contributed by atoms with Crippen LogP contribution in [0.5, 0.6) is 0 Å². The summed E-state index contributed by atoms with van der Waals surface area (Å²) < 4.78 is 0. The van der Waals surface area contributed by atoms with E-state index in [9.17, 15) is 0 Å². The summed E-state index contributed by atoms with van der Waals surface area (Å²) in [5.41, 5.74) is 0. The molecule has 2 rings (SSSR count). The van der Waals surface area contributed by atoms with Crippen LogP contribution < -0.4 is 5.32 Å². The molecular weight excluding hydrogens is 208 g/mol. The number of hydrogen-bond donors (Lipinski definition) is 1. The molecule has 1 atom stereocenters. The Morgan fingerprint density at radius 2 is 1.88 bits per heavy atom. The van der Waals surface area contributed by atoms with Crippen molar-refractivity contribution in [3.8, 4) is 0 Å². The summed E-state index contributed by atoms with van der Waals surface area (Å²) in [5, 5.41) is 3.54. The molecule has 0 unspecified atom stereocenters. The molecule has 0 aromatic carbocycles. The molecule has 0 spiro atoms. The molecule has 2 heteroatoms. The van der Waals surface area contributed by atoms with Crippen LogP contribution in [0.1, 0.15) is 58.3 Å². The maximum atomic E-state index is 3.54. The Labute approximate surface area is 107 Å². The molecule has 0 bridgehead atoms. The fourth-order valence-corrected chi connectivity index (χ4v) is 3.56. The smallest absolute Gasteiger partial charge is 0.00951 e. The van der Waals surface area contributed by atoms with Crippen molar-refractivity contribution >= 4 is 0 Å². The number of hydrogen-bond acceptors (Lipinski definition) is 2. The summed E-state index contributed by atoms with van der Waals surface area (Å²) in [4.78, 5) is 2.76. The van der Waals surface area contributed by atoms with Crippen molar-refractivity contribution in [2.45, 2.75) is 64.3 Å². The van der Waals surface area contributed by atoms with Gasteiger partial charge in [-0.3, -0.25) is 0 Å². The Hall–Kier alpha value is -0.0800. The minimum atomic E-state index is 0.908. The summed E-state index contributed by atoms with van der Waals surface area (Å²) in [6.07, 6.45) is 11.6. The van der Waals surface area contributed by atoms with Crippen molar-refractivity contribution in [3.05, 3.63) is 0 Å².